The second-order valence-corrected chi connectivity index (χ2v) is 7.82. The van der Waals surface area contributed by atoms with Gasteiger partial charge in [-0.2, -0.15) is 0 Å². The molecule has 0 bridgehead atoms. The highest BCUT2D eigenvalue weighted by atomic mass is 16.7. The first-order chi connectivity index (χ1) is 11.2. The first-order valence-corrected chi connectivity index (χ1v) is 9.55. The number of rotatable bonds is 3. The van der Waals surface area contributed by atoms with E-state index in [9.17, 15) is 4.79 Å². The minimum Gasteiger partial charge on any atom is -0.352 e. The lowest BCUT2D eigenvalue weighted by Gasteiger charge is -2.38. The molecule has 0 aromatic rings. The molecule has 5 nitrogen and oxygen atoms in total. The van der Waals surface area contributed by atoms with Gasteiger partial charge in [-0.15, -0.1) is 0 Å². The van der Waals surface area contributed by atoms with E-state index in [1.54, 1.807) is 0 Å². The average molecular weight is 322 g/mol. The Bertz CT molecular complexity index is 426. The molecule has 5 heteroatoms. The Morgan fingerprint density at radius 1 is 1.04 bits per heavy atom. The Hall–Kier alpha value is -0.650. The zero-order valence-corrected chi connectivity index (χ0v) is 14.1. The molecule has 130 valence electrons. The smallest absolute Gasteiger partial charge is 0.234 e. The zero-order chi connectivity index (χ0) is 15.7. The molecule has 2 aliphatic heterocycles. The second-order valence-electron chi connectivity index (χ2n) is 7.82. The Kier molecular flexibility index (Phi) is 4.61. The van der Waals surface area contributed by atoms with E-state index in [0.29, 0.717) is 31.8 Å². The molecule has 0 aromatic heterocycles. The minimum atomic E-state index is -0.328. The minimum absolute atomic E-state index is 0.215. The third-order valence-electron chi connectivity index (χ3n) is 6.38. The summed E-state index contributed by atoms with van der Waals surface area (Å²) in [5.41, 5.74) is 0. The molecule has 23 heavy (non-hydrogen) atoms. The monoisotopic (exact) mass is 322 g/mol. The summed E-state index contributed by atoms with van der Waals surface area (Å²) in [6.07, 6.45) is 10.4. The van der Waals surface area contributed by atoms with E-state index in [1.807, 2.05) is 0 Å². The number of nitrogens with zero attached hydrogens (tertiary/aromatic N) is 1. The maximum absolute atomic E-state index is 12.5. The average Bonchev–Trinajstić information content (AvgIpc) is 3.20. The van der Waals surface area contributed by atoms with Gasteiger partial charge in [0.15, 0.2) is 5.79 Å². The summed E-state index contributed by atoms with van der Waals surface area (Å²) in [7, 11) is 0. The molecular formula is C18H30N2O3. The van der Waals surface area contributed by atoms with Gasteiger partial charge in [0, 0.05) is 24.9 Å². The van der Waals surface area contributed by atoms with Crippen LogP contribution in [0.3, 0.4) is 0 Å². The summed E-state index contributed by atoms with van der Waals surface area (Å²) in [6, 6.07) is 0.967. The molecule has 2 saturated carbocycles. The van der Waals surface area contributed by atoms with Crippen LogP contribution in [0, 0.1) is 5.92 Å². The normalized spacial score (nSPS) is 34.6. The molecule has 2 heterocycles. The van der Waals surface area contributed by atoms with Gasteiger partial charge >= 0.3 is 0 Å². The first-order valence-electron chi connectivity index (χ1n) is 9.55. The van der Waals surface area contributed by atoms with Crippen LogP contribution in [0.5, 0.6) is 0 Å². The van der Waals surface area contributed by atoms with Gasteiger partial charge < -0.3 is 14.8 Å². The highest BCUT2D eigenvalue weighted by Crippen LogP contribution is 2.37. The van der Waals surface area contributed by atoms with Crippen molar-refractivity contribution >= 4 is 5.91 Å². The lowest BCUT2D eigenvalue weighted by molar-refractivity contribution is -0.180. The highest BCUT2D eigenvalue weighted by Gasteiger charge is 2.41. The Morgan fingerprint density at radius 3 is 2.57 bits per heavy atom. The van der Waals surface area contributed by atoms with Gasteiger partial charge in [-0.25, -0.2) is 0 Å². The Morgan fingerprint density at radius 2 is 1.78 bits per heavy atom. The van der Waals surface area contributed by atoms with Gasteiger partial charge in [0.05, 0.1) is 19.8 Å². The summed E-state index contributed by atoms with van der Waals surface area (Å²) < 4.78 is 11.5. The van der Waals surface area contributed by atoms with E-state index in [1.165, 1.54) is 32.1 Å². The van der Waals surface area contributed by atoms with Crippen molar-refractivity contribution in [2.75, 3.05) is 26.3 Å². The van der Waals surface area contributed by atoms with Gasteiger partial charge in [-0.1, -0.05) is 6.42 Å². The lowest BCUT2D eigenvalue weighted by Crippen LogP contribution is -2.50. The number of hydrogen-bond donors (Lipinski definition) is 1. The van der Waals surface area contributed by atoms with Crippen molar-refractivity contribution in [2.24, 2.45) is 5.92 Å². The number of carbonyl (C=O) groups is 1. The predicted molar refractivity (Wildman–Crippen MR) is 87.0 cm³/mol. The standard InChI is InChI=1S/C18H30N2O3/c21-17(13-20-10-2-4-14-3-1-5-16(14)20)19-15-6-8-18(9-7-15)22-11-12-23-18/h14-16H,1-13H2,(H,19,21). The van der Waals surface area contributed by atoms with Crippen LogP contribution >= 0.6 is 0 Å². The summed E-state index contributed by atoms with van der Waals surface area (Å²) in [4.78, 5) is 14.9. The van der Waals surface area contributed by atoms with Gasteiger partial charge in [-0.05, 0) is 51.0 Å². The van der Waals surface area contributed by atoms with E-state index in [0.717, 1.165) is 38.1 Å². The molecule has 1 spiro atoms. The van der Waals surface area contributed by atoms with Crippen molar-refractivity contribution in [1.82, 2.24) is 10.2 Å². The van der Waals surface area contributed by atoms with E-state index in [4.69, 9.17) is 9.47 Å². The summed E-state index contributed by atoms with van der Waals surface area (Å²) >= 11 is 0. The summed E-state index contributed by atoms with van der Waals surface area (Å²) in [5.74, 6) is 0.736. The van der Waals surface area contributed by atoms with E-state index < -0.39 is 0 Å². The molecule has 0 aromatic carbocycles. The van der Waals surface area contributed by atoms with Crippen molar-refractivity contribution in [3.63, 3.8) is 0 Å². The van der Waals surface area contributed by atoms with Crippen LogP contribution < -0.4 is 5.32 Å². The fourth-order valence-corrected chi connectivity index (χ4v) is 5.20. The number of piperidine rings is 1. The molecule has 2 atom stereocenters. The second kappa shape index (κ2) is 6.69. The predicted octanol–water partition coefficient (Wildman–Crippen LogP) is 2.05. The van der Waals surface area contributed by atoms with Crippen LogP contribution in [0.1, 0.15) is 57.8 Å². The summed E-state index contributed by atoms with van der Waals surface area (Å²) in [5, 5.41) is 3.26. The fraction of sp³-hybridized carbons (Fsp3) is 0.944. The van der Waals surface area contributed by atoms with Crippen LogP contribution in [0.15, 0.2) is 0 Å². The molecular weight excluding hydrogens is 292 g/mol. The van der Waals surface area contributed by atoms with E-state index in [-0.39, 0.29) is 11.7 Å². The maximum Gasteiger partial charge on any atom is 0.234 e. The lowest BCUT2D eigenvalue weighted by atomic mass is 9.90. The number of fused-ring (bicyclic) bond motifs is 1. The van der Waals surface area contributed by atoms with Gasteiger partial charge in [0.1, 0.15) is 0 Å². The van der Waals surface area contributed by atoms with Crippen molar-refractivity contribution in [3.05, 3.63) is 0 Å². The molecule has 0 radical (unpaired) electrons. The van der Waals surface area contributed by atoms with Crippen molar-refractivity contribution in [1.29, 1.82) is 0 Å². The van der Waals surface area contributed by atoms with E-state index >= 15 is 0 Å². The molecule has 1 amide bonds. The number of likely N-dealkylation sites (tertiary alicyclic amines) is 1. The molecule has 2 saturated heterocycles. The number of hydrogen-bond acceptors (Lipinski definition) is 4. The summed E-state index contributed by atoms with van der Waals surface area (Å²) in [6.45, 7) is 3.13. The largest absolute Gasteiger partial charge is 0.352 e. The third-order valence-corrected chi connectivity index (χ3v) is 6.38. The van der Waals surface area contributed by atoms with Crippen LogP contribution in [0.25, 0.3) is 0 Å². The van der Waals surface area contributed by atoms with Crippen LogP contribution in [0.2, 0.25) is 0 Å². The zero-order valence-electron chi connectivity index (χ0n) is 14.1. The molecule has 1 N–H and O–H groups in total. The number of nitrogens with one attached hydrogen (secondary N) is 1. The van der Waals surface area contributed by atoms with Crippen LogP contribution in [-0.2, 0) is 14.3 Å². The van der Waals surface area contributed by atoms with Gasteiger partial charge in [-0.3, -0.25) is 9.69 Å². The number of carbonyl (C=O) groups excluding carboxylic acids is 1. The fourth-order valence-electron chi connectivity index (χ4n) is 5.20. The number of ether oxygens (including phenoxy) is 2. The first kappa shape index (κ1) is 15.9. The van der Waals surface area contributed by atoms with Crippen LogP contribution in [-0.4, -0.2) is 55.0 Å². The topological polar surface area (TPSA) is 50.8 Å². The Balaban J connectivity index is 1.24. The van der Waals surface area contributed by atoms with Crippen LogP contribution in [0.4, 0.5) is 0 Å². The maximum atomic E-state index is 12.5. The molecule has 2 aliphatic carbocycles. The van der Waals surface area contributed by atoms with Crippen molar-refractivity contribution < 1.29 is 14.3 Å². The number of amides is 1. The molecule has 2 unspecified atom stereocenters. The van der Waals surface area contributed by atoms with Crippen molar-refractivity contribution in [3.8, 4) is 0 Å². The van der Waals surface area contributed by atoms with E-state index in [2.05, 4.69) is 10.2 Å². The SMILES string of the molecule is O=C(CN1CCCC2CCCC21)NC1CCC2(CC1)OCCO2. The van der Waals surface area contributed by atoms with Gasteiger partial charge in [0.25, 0.3) is 0 Å². The molecule has 4 rings (SSSR count). The van der Waals surface area contributed by atoms with Gasteiger partial charge in [0.2, 0.25) is 5.91 Å². The molecule has 4 fully saturated rings. The quantitative estimate of drug-likeness (QED) is 0.864. The third kappa shape index (κ3) is 3.42. The molecule has 4 aliphatic rings. The highest BCUT2D eigenvalue weighted by molar-refractivity contribution is 5.78. The van der Waals surface area contributed by atoms with Crippen molar-refractivity contribution in [2.45, 2.75) is 75.7 Å². The Labute approximate surface area is 139 Å².